The molecule has 0 spiro atoms. The highest BCUT2D eigenvalue weighted by molar-refractivity contribution is 6.12. The number of amides is 1. The van der Waals surface area contributed by atoms with Crippen molar-refractivity contribution in [1.29, 1.82) is 0 Å². The van der Waals surface area contributed by atoms with Gasteiger partial charge in [-0.05, 0) is 25.5 Å². The Balaban J connectivity index is 1.97. The molecule has 3 rings (SSSR count). The minimum absolute atomic E-state index is 0.317. The molecular formula is C21H21NO5. The third kappa shape index (κ3) is 3.24. The molecule has 6 nitrogen and oxygen atoms in total. The molecular weight excluding hydrogens is 346 g/mol. The van der Waals surface area contributed by atoms with Gasteiger partial charge in [0, 0.05) is 11.1 Å². The maximum absolute atomic E-state index is 13.0. The second-order valence-corrected chi connectivity index (χ2v) is 6.76. The monoisotopic (exact) mass is 367 g/mol. The Hall–Kier alpha value is -2.99. The Morgan fingerprint density at radius 3 is 2.52 bits per heavy atom. The van der Waals surface area contributed by atoms with Crippen LogP contribution in [0, 0.1) is 13.8 Å². The lowest BCUT2D eigenvalue weighted by Gasteiger charge is -2.22. The number of carbonyl (C=O) groups excluding carboxylic acids is 3. The number of rotatable bonds is 5. The molecule has 0 fully saturated rings. The normalized spacial score (nSPS) is 18.4. The number of anilines is 1. The maximum Gasteiger partial charge on any atom is 0.325 e. The van der Waals surface area contributed by atoms with Crippen molar-refractivity contribution in [3.05, 3.63) is 64.7 Å². The van der Waals surface area contributed by atoms with Crippen molar-refractivity contribution in [3.8, 4) is 0 Å². The van der Waals surface area contributed by atoms with E-state index < -0.39 is 23.9 Å². The summed E-state index contributed by atoms with van der Waals surface area (Å²) in [5, 5.41) is 11.2. The lowest BCUT2D eigenvalue weighted by Crippen LogP contribution is -2.43. The number of hydrogen-bond donors (Lipinski definition) is 1. The van der Waals surface area contributed by atoms with Gasteiger partial charge in [0.2, 0.25) is 0 Å². The predicted octanol–water partition coefficient (Wildman–Crippen LogP) is 2.28. The molecule has 0 unspecified atom stereocenters. The van der Waals surface area contributed by atoms with E-state index >= 15 is 0 Å². The first-order valence-corrected chi connectivity index (χ1v) is 8.59. The molecule has 1 amide bonds. The molecule has 140 valence electrons. The fourth-order valence-electron chi connectivity index (χ4n) is 3.48. The summed E-state index contributed by atoms with van der Waals surface area (Å²) in [6.45, 7) is 3.42. The highest BCUT2D eigenvalue weighted by Crippen LogP contribution is 2.42. The third-order valence-corrected chi connectivity index (χ3v) is 4.85. The molecule has 0 saturated carbocycles. The van der Waals surface area contributed by atoms with Crippen molar-refractivity contribution in [2.24, 2.45) is 0 Å². The number of nitrogens with zero attached hydrogens (tertiary/aromatic N) is 1. The highest BCUT2D eigenvalue weighted by Gasteiger charge is 2.51. The van der Waals surface area contributed by atoms with Crippen molar-refractivity contribution in [3.63, 3.8) is 0 Å². The molecule has 1 aliphatic heterocycles. The number of ketones is 1. The Morgan fingerprint density at radius 1 is 1.15 bits per heavy atom. The number of aliphatic hydroxyl groups is 1. The maximum atomic E-state index is 13.0. The van der Waals surface area contributed by atoms with Crippen LogP contribution in [0.25, 0.3) is 0 Å². The Bertz CT molecular complexity index is 936. The summed E-state index contributed by atoms with van der Waals surface area (Å²) in [4.78, 5) is 38.7. The van der Waals surface area contributed by atoms with Gasteiger partial charge in [-0.15, -0.1) is 0 Å². The second-order valence-electron chi connectivity index (χ2n) is 6.76. The highest BCUT2D eigenvalue weighted by atomic mass is 16.5. The largest absolute Gasteiger partial charge is 0.468 e. The average molecular weight is 367 g/mol. The van der Waals surface area contributed by atoms with Crippen LogP contribution in [0.3, 0.4) is 0 Å². The van der Waals surface area contributed by atoms with Crippen LogP contribution in [0.15, 0.2) is 42.5 Å². The van der Waals surface area contributed by atoms with Crippen LogP contribution in [-0.4, -0.2) is 36.4 Å². The molecule has 2 aromatic carbocycles. The summed E-state index contributed by atoms with van der Waals surface area (Å²) in [5.74, 6) is -1.65. The molecule has 1 N–H and O–H groups in total. The van der Waals surface area contributed by atoms with E-state index in [1.54, 1.807) is 30.3 Å². The molecule has 0 radical (unpaired) electrons. The van der Waals surface area contributed by atoms with Crippen LogP contribution in [0.4, 0.5) is 5.69 Å². The summed E-state index contributed by atoms with van der Waals surface area (Å²) >= 11 is 0. The van der Waals surface area contributed by atoms with Gasteiger partial charge in [0.15, 0.2) is 11.4 Å². The summed E-state index contributed by atoms with van der Waals surface area (Å²) in [6, 6.07) is 12.0. The Kier molecular flexibility index (Phi) is 4.85. The van der Waals surface area contributed by atoms with Crippen LogP contribution in [-0.2, 0) is 19.9 Å². The van der Waals surface area contributed by atoms with Crippen LogP contribution in [0.1, 0.15) is 33.5 Å². The van der Waals surface area contributed by atoms with E-state index in [0.717, 1.165) is 16.0 Å². The lowest BCUT2D eigenvalue weighted by molar-refractivity contribution is -0.142. The van der Waals surface area contributed by atoms with E-state index in [1.165, 1.54) is 7.11 Å². The quantitative estimate of drug-likeness (QED) is 0.647. The lowest BCUT2D eigenvalue weighted by atomic mass is 9.87. The number of ether oxygens (including phenoxy) is 1. The van der Waals surface area contributed by atoms with Crippen molar-refractivity contribution in [2.75, 3.05) is 18.6 Å². The topological polar surface area (TPSA) is 83.9 Å². The van der Waals surface area contributed by atoms with Crippen LogP contribution >= 0.6 is 0 Å². The zero-order chi connectivity index (χ0) is 19.8. The summed E-state index contributed by atoms with van der Waals surface area (Å²) in [5.41, 5.74) is 0.980. The first-order valence-electron chi connectivity index (χ1n) is 8.59. The molecule has 2 aromatic rings. The van der Waals surface area contributed by atoms with Crippen molar-refractivity contribution in [1.82, 2.24) is 0 Å². The zero-order valence-corrected chi connectivity index (χ0v) is 15.5. The number of Topliss-reactive ketones (excluding diaryl/α,β-unsaturated/α-hetero) is 1. The summed E-state index contributed by atoms with van der Waals surface area (Å²) < 4.78 is 4.64. The summed E-state index contributed by atoms with van der Waals surface area (Å²) in [6.07, 6.45) is -0.398. The van der Waals surface area contributed by atoms with Gasteiger partial charge < -0.3 is 9.84 Å². The fourth-order valence-corrected chi connectivity index (χ4v) is 3.48. The fraction of sp³-hybridized carbons (Fsp3) is 0.286. The van der Waals surface area contributed by atoms with Gasteiger partial charge in [-0.3, -0.25) is 19.3 Å². The number of esters is 1. The molecule has 27 heavy (non-hydrogen) atoms. The average Bonchev–Trinajstić information content (AvgIpc) is 2.83. The zero-order valence-electron chi connectivity index (χ0n) is 15.5. The molecule has 0 saturated heterocycles. The minimum Gasteiger partial charge on any atom is -0.468 e. The number of hydrogen-bond acceptors (Lipinski definition) is 5. The molecule has 0 aromatic heterocycles. The summed E-state index contributed by atoms with van der Waals surface area (Å²) in [7, 11) is 1.23. The molecule has 0 bridgehead atoms. The van der Waals surface area contributed by atoms with Crippen molar-refractivity contribution >= 4 is 23.3 Å². The van der Waals surface area contributed by atoms with Gasteiger partial charge in [-0.2, -0.15) is 0 Å². The van der Waals surface area contributed by atoms with Crippen LogP contribution in [0.5, 0.6) is 0 Å². The van der Waals surface area contributed by atoms with E-state index in [0.29, 0.717) is 16.8 Å². The van der Waals surface area contributed by atoms with Crippen molar-refractivity contribution in [2.45, 2.75) is 25.9 Å². The predicted molar refractivity (Wildman–Crippen MR) is 99.6 cm³/mol. The van der Waals surface area contributed by atoms with Gasteiger partial charge >= 0.3 is 5.97 Å². The second kappa shape index (κ2) is 6.96. The van der Waals surface area contributed by atoms with Gasteiger partial charge in [-0.1, -0.05) is 42.0 Å². The smallest absolute Gasteiger partial charge is 0.325 e. The number of carbonyl (C=O) groups is 3. The number of aryl methyl sites for hydroxylation is 2. The Morgan fingerprint density at radius 2 is 1.85 bits per heavy atom. The third-order valence-electron chi connectivity index (χ3n) is 4.85. The van der Waals surface area contributed by atoms with Gasteiger partial charge in [-0.25, -0.2) is 0 Å². The van der Waals surface area contributed by atoms with Gasteiger partial charge in [0.05, 0.1) is 19.2 Å². The van der Waals surface area contributed by atoms with Gasteiger partial charge in [0.1, 0.15) is 6.54 Å². The van der Waals surface area contributed by atoms with E-state index in [9.17, 15) is 19.5 Å². The Labute approximate surface area is 157 Å². The van der Waals surface area contributed by atoms with E-state index in [1.807, 2.05) is 26.0 Å². The van der Waals surface area contributed by atoms with Crippen molar-refractivity contribution < 1.29 is 24.2 Å². The number of para-hydroxylation sites is 1. The van der Waals surface area contributed by atoms with E-state index in [-0.39, 0.29) is 12.3 Å². The standard InChI is InChI=1S/C21H21NO5/c1-13-8-9-15(14(2)10-13)18(23)11-21(26)16-6-4-5-7-17(16)22(20(21)25)12-19(24)27-3/h4-10,26H,11-12H2,1-3H3/t21-/m0/s1. The number of fused-ring (bicyclic) bond motifs is 1. The van der Waals surface area contributed by atoms with Crippen LogP contribution in [0.2, 0.25) is 0 Å². The first-order chi connectivity index (χ1) is 12.8. The van der Waals surface area contributed by atoms with E-state index in [4.69, 9.17) is 0 Å². The molecule has 0 aliphatic carbocycles. The minimum atomic E-state index is -2.01. The van der Waals surface area contributed by atoms with Crippen LogP contribution < -0.4 is 4.90 Å². The number of methoxy groups -OCH3 is 1. The molecule has 6 heteroatoms. The molecule has 1 atom stereocenters. The first kappa shape index (κ1) is 18.8. The SMILES string of the molecule is COC(=O)CN1C(=O)[C@](O)(CC(=O)c2ccc(C)cc2C)c2ccccc21. The van der Waals surface area contributed by atoms with Gasteiger partial charge in [0.25, 0.3) is 5.91 Å². The molecule has 1 heterocycles. The molecule has 1 aliphatic rings. The van der Waals surface area contributed by atoms with E-state index in [2.05, 4.69) is 4.74 Å². The number of benzene rings is 2.